The molecule has 2 aromatic heterocycles. The van der Waals surface area contributed by atoms with Crippen LogP contribution in [0.3, 0.4) is 0 Å². The number of rotatable bonds is 4. The van der Waals surface area contributed by atoms with Crippen molar-refractivity contribution >= 4 is 23.5 Å². The lowest BCUT2D eigenvalue weighted by atomic mass is 10.2. The first-order valence-corrected chi connectivity index (χ1v) is 6.15. The molecule has 0 amide bonds. The number of pyridine rings is 1. The zero-order chi connectivity index (χ0) is 13.8. The third kappa shape index (κ3) is 3.26. The molecule has 19 heavy (non-hydrogen) atoms. The Morgan fingerprint density at radius 3 is 2.84 bits per heavy atom. The van der Waals surface area contributed by atoms with Crippen LogP contribution in [0.1, 0.15) is 25.4 Å². The lowest BCUT2D eigenvalue weighted by molar-refractivity contribution is -0.112. The van der Waals surface area contributed by atoms with E-state index in [0.717, 1.165) is 0 Å². The van der Waals surface area contributed by atoms with E-state index in [2.05, 4.69) is 15.2 Å². The van der Waals surface area contributed by atoms with E-state index in [4.69, 9.17) is 16.0 Å². The van der Waals surface area contributed by atoms with Gasteiger partial charge in [-0.3, -0.25) is 9.78 Å². The van der Waals surface area contributed by atoms with Gasteiger partial charge < -0.3 is 4.42 Å². The first-order chi connectivity index (χ1) is 9.10. The first kappa shape index (κ1) is 13.4. The normalized spacial score (nSPS) is 11.1. The molecule has 5 nitrogen and oxygen atoms in total. The molecule has 0 unspecified atom stereocenters. The SMILES string of the molecule is CCc1nnc(-c2cnc(/C=C/C(C)=O)c(Cl)c2)o1. The summed E-state index contributed by atoms with van der Waals surface area (Å²) in [7, 11) is 0. The van der Waals surface area contributed by atoms with E-state index < -0.39 is 0 Å². The highest BCUT2D eigenvalue weighted by atomic mass is 35.5. The molecular formula is C13H12ClN3O2. The summed E-state index contributed by atoms with van der Waals surface area (Å²) >= 11 is 6.09. The molecule has 0 atom stereocenters. The Bertz CT molecular complexity index is 635. The number of halogens is 1. The van der Waals surface area contributed by atoms with Gasteiger partial charge in [0.15, 0.2) is 5.78 Å². The van der Waals surface area contributed by atoms with Gasteiger partial charge >= 0.3 is 0 Å². The summed E-state index contributed by atoms with van der Waals surface area (Å²) in [6, 6.07) is 1.68. The summed E-state index contributed by atoms with van der Waals surface area (Å²) in [5, 5.41) is 8.21. The topological polar surface area (TPSA) is 68.9 Å². The van der Waals surface area contributed by atoms with E-state index in [1.807, 2.05) is 6.92 Å². The first-order valence-electron chi connectivity index (χ1n) is 5.77. The minimum absolute atomic E-state index is 0.0635. The number of nitrogens with zero attached hydrogens (tertiary/aromatic N) is 3. The van der Waals surface area contributed by atoms with Gasteiger partial charge in [0, 0.05) is 12.6 Å². The number of ketones is 1. The molecule has 98 valence electrons. The number of carbonyl (C=O) groups excluding carboxylic acids is 1. The molecule has 0 saturated carbocycles. The zero-order valence-electron chi connectivity index (χ0n) is 10.6. The predicted octanol–water partition coefficient (Wildman–Crippen LogP) is 2.95. The highest BCUT2D eigenvalue weighted by Gasteiger charge is 2.09. The number of allylic oxidation sites excluding steroid dienone is 1. The quantitative estimate of drug-likeness (QED) is 0.804. The second-order valence-corrected chi connectivity index (χ2v) is 4.30. The minimum atomic E-state index is -0.0635. The Labute approximate surface area is 115 Å². The third-order valence-corrected chi connectivity index (χ3v) is 2.66. The maximum atomic E-state index is 10.9. The summed E-state index contributed by atoms with van der Waals surface area (Å²) in [4.78, 5) is 15.0. The fourth-order valence-electron chi connectivity index (χ4n) is 1.40. The maximum Gasteiger partial charge on any atom is 0.249 e. The van der Waals surface area contributed by atoms with E-state index in [1.165, 1.54) is 13.0 Å². The van der Waals surface area contributed by atoms with Crippen molar-refractivity contribution in [2.75, 3.05) is 0 Å². The molecule has 0 bridgehead atoms. The Hall–Kier alpha value is -2.01. The fraction of sp³-hybridized carbons (Fsp3) is 0.231. The van der Waals surface area contributed by atoms with Crippen LogP contribution in [0, 0.1) is 0 Å². The van der Waals surface area contributed by atoms with Gasteiger partial charge in [0.25, 0.3) is 0 Å². The van der Waals surface area contributed by atoms with Crippen LogP contribution in [0.25, 0.3) is 17.5 Å². The van der Waals surface area contributed by atoms with Crippen LogP contribution >= 0.6 is 11.6 Å². The van der Waals surface area contributed by atoms with Crippen molar-refractivity contribution in [2.45, 2.75) is 20.3 Å². The second-order valence-electron chi connectivity index (χ2n) is 3.89. The van der Waals surface area contributed by atoms with Crippen molar-refractivity contribution in [3.63, 3.8) is 0 Å². The number of hydrogen-bond donors (Lipinski definition) is 0. The van der Waals surface area contributed by atoms with Gasteiger partial charge in [0.2, 0.25) is 11.8 Å². The summed E-state index contributed by atoms with van der Waals surface area (Å²) in [5.41, 5.74) is 1.17. The van der Waals surface area contributed by atoms with E-state index in [0.29, 0.717) is 34.5 Å². The van der Waals surface area contributed by atoms with Gasteiger partial charge in [-0.05, 0) is 25.1 Å². The van der Waals surface area contributed by atoms with Crippen molar-refractivity contribution in [1.29, 1.82) is 0 Å². The van der Waals surface area contributed by atoms with Crippen LogP contribution in [-0.2, 0) is 11.2 Å². The molecule has 0 aliphatic heterocycles. The lowest BCUT2D eigenvalue weighted by Gasteiger charge is -1.99. The summed E-state index contributed by atoms with van der Waals surface area (Å²) in [6.07, 6.45) is 5.24. The van der Waals surface area contributed by atoms with E-state index in [9.17, 15) is 4.79 Å². The summed E-state index contributed by atoms with van der Waals surface area (Å²) in [5.74, 6) is 0.881. The number of hydrogen-bond acceptors (Lipinski definition) is 5. The molecule has 0 spiro atoms. The van der Waals surface area contributed by atoms with Crippen molar-refractivity contribution in [3.05, 3.63) is 34.9 Å². The molecule has 0 aromatic carbocycles. The molecule has 0 fully saturated rings. The highest BCUT2D eigenvalue weighted by Crippen LogP contribution is 2.23. The van der Waals surface area contributed by atoms with Gasteiger partial charge in [-0.25, -0.2) is 0 Å². The Kier molecular flexibility index (Phi) is 4.06. The molecule has 0 aliphatic carbocycles. The Morgan fingerprint density at radius 2 is 2.26 bits per heavy atom. The summed E-state index contributed by atoms with van der Waals surface area (Å²) < 4.78 is 5.42. The van der Waals surface area contributed by atoms with Gasteiger partial charge in [0.05, 0.1) is 16.3 Å². The zero-order valence-corrected chi connectivity index (χ0v) is 11.3. The molecule has 0 radical (unpaired) electrons. The average Bonchev–Trinajstić information content (AvgIpc) is 2.85. The van der Waals surface area contributed by atoms with Crippen LogP contribution in [0.2, 0.25) is 5.02 Å². The van der Waals surface area contributed by atoms with Crippen LogP contribution < -0.4 is 0 Å². The molecule has 6 heteroatoms. The van der Waals surface area contributed by atoms with Crippen molar-refractivity contribution in [3.8, 4) is 11.5 Å². The van der Waals surface area contributed by atoms with Gasteiger partial charge in [-0.1, -0.05) is 18.5 Å². The summed E-state index contributed by atoms with van der Waals surface area (Å²) in [6.45, 7) is 3.39. The van der Waals surface area contributed by atoms with Crippen LogP contribution in [0.15, 0.2) is 22.8 Å². The lowest BCUT2D eigenvalue weighted by Crippen LogP contribution is -1.87. The molecule has 0 N–H and O–H groups in total. The average molecular weight is 278 g/mol. The largest absolute Gasteiger partial charge is 0.421 e. The van der Waals surface area contributed by atoms with Crippen LogP contribution in [-0.4, -0.2) is 21.0 Å². The Morgan fingerprint density at radius 1 is 1.47 bits per heavy atom. The smallest absolute Gasteiger partial charge is 0.249 e. The number of carbonyl (C=O) groups is 1. The molecule has 2 heterocycles. The molecule has 0 aliphatic rings. The molecule has 2 aromatic rings. The van der Waals surface area contributed by atoms with Crippen LogP contribution in [0.4, 0.5) is 0 Å². The Balaban J connectivity index is 2.30. The van der Waals surface area contributed by atoms with Gasteiger partial charge in [0.1, 0.15) is 0 Å². The molecule has 0 saturated heterocycles. The molecular weight excluding hydrogens is 266 g/mol. The van der Waals surface area contributed by atoms with Crippen molar-refractivity contribution in [2.24, 2.45) is 0 Å². The van der Waals surface area contributed by atoms with E-state index in [1.54, 1.807) is 18.3 Å². The van der Waals surface area contributed by atoms with Crippen molar-refractivity contribution in [1.82, 2.24) is 15.2 Å². The van der Waals surface area contributed by atoms with Crippen molar-refractivity contribution < 1.29 is 9.21 Å². The monoisotopic (exact) mass is 277 g/mol. The fourth-order valence-corrected chi connectivity index (χ4v) is 1.63. The van der Waals surface area contributed by atoms with Gasteiger partial charge in [-0.2, -0.15) is 0 Å². The second kappa shape index (κ2) is 5.75. The number of aromatic nitrogens is 3. The number of aryl methyl sites for hydroxylation is 1. The highest BCUT2D eigenvalue weighted by molar-refractivity contribution is 6.32. The van der Waals surface area contributed by atoms with E-state index >= 15 is 0 Å². The molecule has 2 rings (SSSR count). The third-order valence-electron chi connectivity index (χ3n) is 2.36. The standard InChI is InChI=1S/C13H12ClN3O2/c1-3-12-16-17-13(19-12)9-6-10(14)11(15-7-9)5-4-8(2)18/h4-7H,3H2,1-2H3/b5-4+. The minimum Gasteiger partial charge on any atom is -0.421 e. The predicted molar refractivity (Wildman–Crippen MR) is 71.6 cm³/mol. The van der Waals surface area contributed by atoms with E-state index in [-0.39, 0.29) is 5.78 Å². The van der Waals surface area contributed by atoms with Gasteiger partial charge in [-0.15, -0.1) is 10.2 Å². The van der Waals surface area contributed by atoms with Crippen LogP contribution in [0.5, 0.6) is 0 Å². The maximum absolute atomic E-state index is 10.9.